The van der Waals surface area contributed by atoms with Crippen molar-refractivity contribution in [3.8, 4) is 0 Å². The molecule has 3 rings (SSSR count). The quantitative estimate of drug-likeness (QED) is 0.640. The van der Waals surface area contributed by atoms with Gasteiger partial charge in [0.2, 0.25) is 0 Å². The first-order valence-electron chi connectivity index (χ1n) is 6.43. The second kappa shape index (κ2) is 4.80. The Hall–Kier alpha value is -2.06. The summed E-state index contributed by atoms with van der Waals surface area (Å²) >= 11 is 6.11. The van der Waals surface area contributed by atoms with Crippen molar-refractivity contribution in [2.75, 3.05) is 0 Å². The maximum Gasteiger partial charge on any atom is 0.195 e. The van der Waals surface area contributed by atoms with Crippen LogP contribution in [-0.4, -0.2) is 10.4 Å². The summed E-state index contributed by atoms with van der Waals surface area (Å²) in [7, 11) is 1.95. The molecule has 100 valence electrons. The van der Waals surface area contributed by atoms with Crippen LogP contribution in [-0.2, 0) is 7.05 Å². The van der Waals surface area contributed by atoms with Crippen molar-refractivity contribution in [1.29, 1.82) is 0 Å². The van der Waals surface area contributed by atoms with Crippen molar-refractivity contribution in [2.45, 2.75) is 6.92 Å². The number of hydrogen-bond donors (Lipinski definition) is 0. The van der Waals surface area contributed by atoms with E-state index in [0.29, 0.717) is 16.1 Å². The van der Waals surface area contributed by atoms with E-state index in [4.69, 9.17) is 11.6 Å². The molecule has 0 aliphatic heterocycles. The van der Waals surface area contributed by atoms with Gasteiger partial charge in [0, 0.05) is 40.3 Å². The summed E-state index contributed by atoms with van der Waals surface area (Å²) in [5.74, 6) is 0.0156. The fourth-order valence-corrected chi connectivity index (χ4v) is 2.70. The number of halogens is 1. The highest BCUT2D eigenvalue weighted by Crippen LogP contribution is 2.26. The summed E-state index contributed by atoms with van der Waals surface area (Å²) in [4.78, 5) is 12.8. The Labute approximate surface area is 122 Å². The lowest BCUT2D eigenvalue weighted by Gasteiger charge is -2.05. The molecule has 0 saturated heterocycles. The van der Waals surface area contributed by atoms with Gasteiger partial charge in [-0.05, 0) is 24.6 Å². The third-order valence-corrected chi connectivity index (χ3v) is 4.06. The van der Waals surface area contributed by atoms with Crippen LogP contribution in [0.1, 0.15) is 21.5 Å². The van der Waals surface area contributed by atoms with Gasteiger partial charge in [-0.3, -0.25) is 4.79 Å². The van der Waals surface area contributed by atoms with Crippen molar-refractivity contribution in [3.63, 3.8) is 0 Å². The van der Waals surface area contributed by atoms with Gasteiger partial charge in [-0.1, -0.05) is 41.9 Å². The Bertz CT molecular complexity index is 817. The highest BCUT2D eigenvalue weighted by atomic mass is 35.5. The lowest BCUT2D eigenvalue weighted by atomic mass is 9.99. The van der Waals surface area contributed by atoms with Gasteiger partial charge in [0.1, 0.15) is 0 Å². The van der Waals surface area contributed by atoms with E-state index in [1.165, 1.54) is 0 Å². The number of carbonyl (C=O) groups is 1. The predicted octanol–water partition coefficient (Wildman–Crippen LogP) is 4.37. The lowest BCUT2D eigenvalue weighted by molar-refractivity contribution is 0.103. The van der Waals surface area contributed by atoms with Crippen LogP contribution >= 0.6 is 11.6 Å². The molecule has 0 unspecified atom stereocenters. The minimum atomic E-state index is 0.0156. The Morgan fingerprint density at radius 2 is 1.80 bits per heavy atom. The Morgan fingerprint density at radius 3 is 2.60 bits per heavy atom. The van der Waals surface area contributed by atoms with Gasteiger partial charge in [-0.25, -0.2) is 0 Å². The molecule has 0 amide bonds. The molecule has 0 fully saturated rings. The number of aromatic nitrogens is 1. The molecule has 20 heavy (non-hydrogen) atoms. The van der Waals surface area contributed by atoms with Crippen molar-refractivity contribution < 1.29 is 4.79 Å². The fraction of sp³-hybridized carbons (Fsp3) is 0.118. The number of benzene rings is 2. The van der Waals surface area contributed by atoms with E-state index in [1.807, 2.05) is 61.1 Å². The Balaban J connectivity index is 2.21. The molecule has 0 radical (unpaired) electrons. The topological polar surface area (TPSA) is 22.0 Å². The Kier molecular flexibility index (Phi) is 3.11. The smallest absolute Gasteiger partial charge is 0.195 e. The molecule has 1 aromatic heterocycles. The van der Waals surface area contributed by atoms with Crippen LogP contribution in [0.15, 0.2) is 48.7 Å². The summed E-state index contributed by atoms with van der Waals surface area (Å²) in [6.07, 6.45) is 1.88. The number of ketones is 1. The largest absolute Gasteiger partial charge is 0.350 e. The van der Waals surface area contributed by atoms with E-state index < -0.39 is 0 Å². The zero-order valence-electron chi connectivity index (χ0n) is 11.4. The van der Waals surface area contributed by atoms with Crippen LogP contribution in [0.2, 0.25) is 5.02 Å². The van der Waals surface area contributed by atoms with Crippen LogP contribution in [0.25, 0.3) is 10.9 Å². The van der Waals surface area contributed by atoms with Crippen LogP contribution in [0.3, 0.4) is 0 Å². The van der Waals surface area contributed by atoms with E-state index in [0.717, 1.165) is 16.5 Å². The highest BCUT2D eigenvalue weighted by molar-refractivity contribution is 6.32. The van der Waals surface area contributed by atoms with Gasteiger partial charge in [0.15, 0.2) is 5.78 Å². The molecule has 2 nitrogen and oxygen atoms in total. The van der Waals surface area contributed by atoms with Gasteiger partial charge < -0.3 is 4.57 Å². The van der Waals surface area contributed by atoms with Crippen LogP contribution in [0.4, 0.5) is 0 Å². The van der Waals surface area contributed by atoms with Gasteiger partial charge in [0.05, 0.1) is 0 Å². The zero-order chi connectivity index (χ0) is 14.3. The SMILES string of the molecule is Cc1c(Cl)cccc1C(=O)c1cn(C)c2ccccc12. The number of fused-ring (bicyclic) bond motifs is 1. The van der Waals surface area contributed by atoms with E-state index in [1.54, 1.807) is 6.07 Å². The fourth-order valence-electron chi connectivity index (χ4n) is 2.52. The molecule has 0 atom stereocenters. The average Bonchev–Trinajstić information content (AvgIpc) is 2.79. The molecular weight excluding hydrogens is 270 g/mol. The van der Waals surface area contributed by atoms with Crippen molar-refractivity contribution in [2.24, 2.45) is 7.05 Å². The first-order chi connectivity index (χ1) is 9.59. The second-order valence-electron chi connectivity index (χ2n) is 4.91. The molecule has 0 spiro atoms. The number of carbonyl (C=O) groups excluding carboxylic acids is 1. The molecule has 0 aliphatic carbocycles. The van der Waals surface area contributed by atoms with E-state index >= 15 is 0 Å². The van der Waals surface area contributed by atoms with Gasteiger partial charge >= 0.3 is 0 Å². The monoisotopic (exact) mass is 283 g/mol. The highest BCUT2D eigenvalue weighted by Gasteiger charge is 2.17. The number of nitrogens with zero attached hydrogens (tertiary/aromatic N) is 1. The summed E-state index contributed by atoms with van der Waals surface area (Å²) in [6, 6.07) is 13.3. The predicted molar refractivity (Wildman–Crippen MR) is 82.5 cm³/mol. The molecule has 1 heterocycles. The van der Waals surface area contributed by atoms with E-state index in [9.17, 15) is 4.79 Å². The first-order valence-corrected chi connectivity index (χ1v) is 6.81. The van der Waals surface area contributed by atoms with Gasteiger partial charge in [-0.2, -0.15) is 0 Å². The van der Waals surface area contributed by atoms with Crippen molar-refractivity contribution in [1.82, 2.24) is 4.57 Å². The lowest BCUT2D eigenvalue weighted by Crippen LogP contribution is -2.03. The normalized spacial score (nSPS) is 10.9. The number of para-hydroxylation sites is 1. The third-order valence-electron chi connectivity index (χ3n) is 3.65. The standard InChI is InChI=1S/C17H14ClNO/c1-11-12(7-5-8-15(11)18)17(20)14-10-19(2)16-9-4-3-6-13(14)16/h3-10H,1-2H3. The molecule has 0 saturated carbocycles. The number of aryl methyl sites for hydroxylation is 1. The van der Waals surface area contributed by atoms with Gasteiger partial charge in [0.25, 0.3) is 0 Å². The van der Waals surface area contributed by atoms with Crippen LogP contribution < -0.4 is 0 Å². The summed E-state index contributed by atoms with van der Waals surface area (Å²) in [5, 5.41) is 1.59. The van der Waals surface area contributed by atoms with Crippen LogP contribution in [0.5, 0.6) is 0 Å². The minimum absolute atomic E-state index is 0.0156. The van der Waals surface area contributed by atoms with Crippen LogP contribution in [0, 0.1) is 6.92 Å². The molecule has 2 aromatic carbocycles. The van der Waals surface area contributed by atoms with Crippen molar-refractivity contribution >= 4 is 28.3 Å². The molecule has 0 N–H and O–H groups in total. The molecular formula is C17H14ClNO. The minimum Gasteiger partial charge on any atom is -0.350 e. The number of hydrogen-bond acceptors (Lipinski definition) is 1. The molecule has 0 bridgehead atoms. The Morgan fingerprint density at radius 1 is 1.05 bits per heavy atom. The molecule has 3 heteroatoms. The van der Waals surface area contributed by atoms with Gasteiger partial charge in [-0.15, -0.1) is 0 Å². The molecule has 3 aromatic rings. The zero-order valence-corrected chi connectivity index (χ0v) is 12.1. The maximum atomic E-state index is 12.8. The first kappa shape index (κ1) is 12.9. The number of rotatable bonds is 2. The van der Waals surface area contributed by atoms with E-state index in [2.05, 4.69) is 0 Å². The molecule has 0 aliphatic rings. The summed E-state index contributed by atoms with van der Waals surface area (Å²) in [6.45, 7) is 1.88. The van der Waals surface area contributed by atoms with Crippen molar-refractivity contribution in [3.05, 3.63) is 70.4 Å². The summed E-state index contributed by atoms with van der Waals surface area (Å²) < 4.78 is 1.97. The average molecular weight is 284 g/mol. The summed E-state index contributed by atoms with van der Waals surface area (Å²) in [5.41, 5.74) is 3.25. The third kappa shape index (κ3) is 1.93. The van der Waals surface area contributed by atoms with E-state index in [-0.39, 0.29) is 5.78 Å². The maximum absolute atomic E-state index is 12.8. The second-order valence-corrected chi connectivity index (χ2v) is 5.32.